The van der Waals surface area contributed by atoms with Gasteiger partial charge in [-0.3, -0.25) is 4.79 Å². The van der Waals surface area contributed by atoms with E-state index in [4.69, 9.17) is 4.74 Å². The molecule has 0 aliphatic carbocycles. The zero-order chi connectivity index (χ0) is 13.0. The Labute approximate surface area is 103 Å². The summed E-state index contributed by atoms with van der Waals surface area (Å²) in [7, 11) is 1.91. The van der Waals surface area contributed by atoms with E-state index in [0.29, 0.717) is 6.61 Å². The average Bonchev–Trinajstić information content (AvgIpc) is 2.26. The van der Waals surface area contributed by atoms with Gasteiger partial charge in [0.25, 0.3) is 0 Å². The second-order valence-electron chi connectivity index (χ2n) is 4.31. The van der Waals surface area contributed by atoms with Crippen molar-refractivity contribution >= 4 is 11.7 Å². The Balaban J connectivity index is 2.86. The van der Waals surface area contributed by atoms with Crippen LogP contribution in [0.25, 0.3) is 0 Å². The number of hydrogen-bond donors (Lipinski definition) is 0. The van der Waals surface area contributed by atoms with E-state index in [1.807, 2.05) is 18.9 Å². The van der Waals surface area contributed by atoms with E-state index in [-0.39, 0.29) is 12.5 Å². The van der Waals surface area contributed by atoms with Gasteiger partial charge in [-0.05, 0) is 50.5 Å². The number of rotatable bonds is 4. The number of likely N-dealkylation sites (N-methyl/N-ethyl adjacent to an activating group) is 1. The molecule has 0 saturated carbocycles. The zero-order valence-corrected chi connectivity index (χ0v) is 11.3. The normalized spacial score (nSPS) is 10.2. The van der Waals surface area contributed by atoms with Crippen LogP contribution in [0.2, 0.25) is 0 Å². The molecule has 0 spiro atoms. The SMILES string of the molecule is CCOC(=O)CN(C)c1ccc(C)c(C)c1C. The van der Waals surface area contributed by atoms with Crippen LogP contribution in [0.3, 0.4) is 0 Å². The van der Waals surface area contributed by atoms with Crippen molar-refractivity contribution in [3.05, 3.63) is 28.8 Å². The van der Waals surface area contributed by atoms with Crippen LogP contribution in [-0.4, -0.2) is 26.2 Å². The van der Waals surface area contributed by atoms with Gasteiger partial charge in [0.05, 0.1) is 6.61 Å². The van der Waals surface area contributed by atoms with Crippen molar-refractivity contribution in [1.29, 1.82) is 0 Å². The summed E-state index contributed by atoms with van der Waals surface area (Å²) in [5.74, 6) is -0.187. The minimum atomic E-state index is -0.187. The van der Waals surface area contributed by atoms with Crippen LogP contribution in [0.15, 0.2) is 12.1 Å². The molecular formula is C14H21NO2. The molecule has 0 amide bonds. The molecule has 0 saturated heterocycles. The molecule has 17 heavy (non-hydrogen) atoms. The van der Waals surface area contributed by atoms with Gasteiger partial charge in [-0.15, -0.1) is 0 Å². The average molecular weight is 235 g/mol. The maximum atomic E-state index is 11.4. The molecule has 0 aliphatic rings. The maximum Gasteiger partial charge on any atom is 0.325 e. The van der Waals surface area contributed by atoms with E-state index in [9.17, 15) is 4.79 Å². The molecule has 1 rings (SSSR count). The number of benzene rings is 1. The molecule has 0 fully saturated rings. The van der Waals surface area contributed by atoms with Gasteiger partial charge in [0.1, 0.15) is 6.54 Å². The van der Waals surface area contributed by atoms with Crippen LogP contribution in [0.5, 0.6) is 0 Å². The Kier molecular flexibility index (Phi) is 4.55. The van der Waals surface area contributed by atoms with Crippen molar-refractivity contribution in [2.75, 3.05) is 25.1 Å². The van der Waals surface area contributed by atoms with Crippen molar-refractivity contribution in [3.8, 4) is 0 Å². The van der Waals surface area contributed by atoms with Gasteiger partial charge in [-0.2, -0.15) is 0 Å². The second-order valence-corrected chi connectivity index (χ2v) is 4.31. The van der Waals surface area contributed by atoms with Gasteiger partial charge in [-0.1, -0.05) is 6.07 Å². The number of hydrogen-bond acceptors (Lipinski definition) is 3. The van der Waals surface area contributed by atoms with Crippen molar-refractivity contribution in [2.24, 2.45) is 0 Å². The predicted octanol–water partition coefficient (Wildman–Crippen LogP) is 2.61. The summed E-state index contributed by atoms with van der Waals surface area (Å²) in [5.41, 5.74) is 4.85. The highest BCUT2D eigenvalue weighted by Gasteiger charge is 2.11. The highest BCUT2D eigenvalue weighted by atomic mass is 16.5. The molecule has 0 heterocycles. The van der Waals surface area contributed by atoms with Crippen molar-refractivity contribution in [1.82, 2.24) is 0 Å². The number of carbonyl (C=O) groups excluding carboxylic acids is 1. The Morgan fingerprint density at radius 1 is 1.24 bits per heavy atom. The summed E-state index contributed by atoms with van der Waals surface area (Å²) in [6, 6.07) is 4.14. The quantitative estimate of drug-likeness (QED) is 0.751. The number of aryl methyl sites for hydroxylation is 1. The van der Waals surface area contributed by atoms with Crippen LogP contribution in [0.4, 0.5) is 5.69 Å². The van der Waals surface area contributed by atoms with E-state index in [1.54, 1.807) is 0 Å². The lowest BCUT2D eigenvalue weighted by molar-refractivity contribution is -0.141. The first-order valence-electron chi connectivity index (χ1n) is 5.91. The molecule has 0 N–H and O–H groups in total. The Morgan fingerprint density at radius 3 is 2.47 bits per heavy atom. The second kappa shape index (κ2) is 5.71. The van der Waals surface area contributed by atoms with Crippen molar-refractivity contribution < 1.29 is 9.53 Å². The van der Waals surface area contributed by atoms with Crippen LogP contribution < -0.4 is 4.90 Å². The van der Waals surface area contributed by atoms with E-state index < -0.39 is 0 Å². The van der Waals surface area contributed by atoms with Gasteiger partial charge >= 0.3 is 5.97 Å². The van der Waals surface area contributed by atoms with E-state index >= 15 is 0 Å². The molecule has 0 bridgehead atoms. The van der Waals surface area contributed by atoms with Crippen LogP contribution in [-0.2, 0) is 9.53 Å². The molecule has 0 aromatic heterocycles. The summed E-state index contributed by atoms with van der Waals surface area (Å²) in [4.78, 5) is 13.4. The molecule has 0 unspecified atom stereocenters. The summed E-state index contributed by atoms with van der Waals surface area (Å²) in [5, 5.41) is 0. The summed E-state index contributed by atoms with van der Waals surface area (Å²) in [6.07, 6.45) is 0. The summed E-state index contributed by atoms with van der Waals surface area (Å²) in [6.45, 7) is 8.82. The maximum absolute atomic E-state index is 11.4. The molecule has 3 nitrogen and oxygen atoms in total. The molecule has 1 aromatic carbocycles. The Bertz CT molecular complexity index is 413. The zero-order valence-electron chi connectivity index (χ0n) is 11.3. The number of carbonyl (C=O) groups is 1. The lowest BCUT2D eigenvalue weighted by Gasteiger charge is -2.22. The minimum absolute atomic E-state index is 0.187. The number of anilines is 1. The van der Waals surface area contributed by atoms with Gasteiger partial charge in [0, 0.05) is 12.7 Å². The van der Waals surface area contributed by atoms with Crippen LogP contribution in [0.1, 0.15) is 23.6 Å². The topological polar surface area (TPSA) is 29.5 Å². The molecular weight excluding hydrogens is 214 g/mol. The fourth-order valence-corrected chi connectivity index (χ4v) is 1.84. The van der Waals surface area contributed by atoms with Crippen LogP contribution >= 0.6 is 0 Å². The van der Waals surface area contributed by atoms with Gasteiger partial charge in [0.2, 0.25) is 0 Å². The molecule has 0 radical (unpaired) electrons. The Morgan fingerprint density at radius 2 is 1.88 bits per heavy atom. The molecule has 0 aliphatic heterocycles. The van der Waals surface area contributed by atoms with Crippen LogP contribution in [0, 0.1) is 20.8 Å². The molecule has 1 aromatic rings. The largest absolute Gasteiger partial charge is 0.465 e. The highest BCUT2D eigenvalue weighted by molar-refractivity contribution is 5.76. The molecule has 3 heteroatoms. The minimum Gasteiger partial charge on any atom is -0.465 e. The first-order chi connectivity index (χ1) is 7.97. The first kappa shape index (κ1) is 13.6. The third-order valence-corrected chi connectivity index (χ3v) is 3.11. The Hall–Kier alpha value is -1.51. The van der Waals surface area contributed by atoms with Gasteiger partial charge in [-0.25, -0.2) is 0 Å². The van der Waals surface area contributed by atoms with Crippen molar-refractivity contribution in [3.63, 3.8) is 0 Å². The number of nitrogens with zero attached hydrogens (tertiary/aromatic N) is 1. The summed E-state index contributed by atoms with van der Waals surface area (Å²) < 4.78 is 4.95. The third-order valence-electron chi connectivity index (χ3n) is 3.11. The monoisotopic (exact) mass is 235 g/mol. The number of ether oxygens (including phenoxy) is 1. The molecule has 0 atom stereocenters. The number of esters is 1. The fraction of sp³-hybridized carbons (Fsp3) is 0.500. The molecule has 94 valence electrons. The third kappa shape index (κ3) is 3.22. The van der Waals surface area contributed by atoms with E-state index in [1.165, 1.54) is 16.7 Å². The lowest BCUT2D eigenvalue weighted by atomic mass is 10.0. The predicted molar refractivity (Wildman–Crippen MR) is 70.6 cm³/mol. The van der Waals surface area contributed by atoms with E-state index in [0.717, 1.165) is 5.69 Å². The lowest BCUT2D eigenvalue weighted by Crippen LogP contribution is -2.27. The smallest absolute Gasteiger partial charge is 0.325 e. The standard InChI is InChI=1S/C14H21NO2/c1-6-17-14(16)9-15(5)13-8-7-10(2)11(3)12(13)4/h7-8H,6,9H2,1-5H3. The first-order valence-corrected chi connectivity index (χ1v) is 5.91. The summed E-state index contributed by atoms with van der Waals surface area (Å²) >= 11 is 0. The van der Waals surface area contributed by atoms with E-state index in [2.05, 4.69) is 32.9 Å². The van der Waals surface area contributed by atoms with Crippen molar-refractivity contribution in [2.45, 2.75) is 27.7 Å². The van der Waals surface area contributed by atoms with Gasteiger partial charge in [0.15, 0.2) is 0 Å². The van der Waals surface area contributed by atoms with Gasteiger partial charge < -0.3 is 9.64 Å². The fourth-order valence-electron chi connectivity index (χ4n) is 1.84. The highest BCUT2D eigenvalue weighted by Crippen LogP contribution is 2.24.